The maximum Gasteiger partial charge on any atom is 0.0628 e. The summed E-state index contributed by atoms with van der Waals surface area (Å²) in [6.07, 6.45) is 2.10. The molecule has 1 heterocycles. The van der Waals surface area contributed by atoms with E-state index < -0.39 is 0 Å². The van der Waals surface area contributed by atoms with Crippen LogP contribution in [0.4, 0.5) is 0 Å². The van der Waals surface area contributed by atoms with E-state index in [1.165, 1.54) is 11.3 Å². The van der Waals surface area contributed by atoms with Crippen LogP contribution in [0.1, 0.15) is 23.4 Å². The van der Waals surface area contributed by atoms with Gasteiger partial charge in [0.05, 0.1) is 5.69 Å². The van der Waals surface area contributed by atoms with Crippen molar-refractivity contribution < 1.29 is 0 Å². The van der Waals surface area contributed by atoms with Gasteiger partial charge in [-0.2, -0.15) is 5.10 Å². The Morgan fingerprint density at radius 3 is 2.60 bits per heavy atom. The normalized spacial score (nSPS) is 10.9. The molecule has 1 aromatic rings. The summed E-state index contributed by atoms with van der Waals surface area (Å²) in [5.41, 5.74) is 9.21. The van der Waals surface area contributed by atoms with Crippen molar-refractivity contribution >= 4 is 0 Å². The quantitative estimate of drug-likeness (QED) is 0.673. The van der Waals surface area contributed by atoms with E-state index in [1.807, 2.05) is 11.7 Å². The third kappa shape index (κ3) is 3.32. The van der Waals surface area contributed by atoms with Crippen LogP contribution in [-0.4, -0.2) is 29.4 Å². The number of hydrogen-bond donors (Lipinski definition) is 2. The molecule has 0 unspecified atom stereocenters. The van der Waals surface area contributed by atoms with Crippen LogP contribution in [-0.2, 0) is 13.5 Å². The number of aryl methyl sites for hydroxylation is 2. The molecule has 1 aromatic heterocycles. The molecule has 0 fully saturated rings. The highest BCUT2D eigenvalue weighted by Gasteiger charge is 2.07. The van der Waals surface area contributed by atoms with E-state index in [1.54, 1.807) is 0 Å². The van der Waals surface area contributed by atoms with Crippen LogP contribution in [0.15, 0.2) is 0 Å². The molecule has 0 atom stereocenters. The second-order valence-corrected chi connectivity index (χ2v) is 3.92. The first-order chi connectivity index (χ1) is 7.16. The molecule has 4 heteroatoms. The van der Waals surface area contributed by atoms with Gasteiger partial charge in [0.15, 0.2) is 0 Å². The largest absolute Gasteiger partial charge is 0.330 e. The molecule has 0 aliphatic carbocycles. The number of hydrogen-bond acceptors (Lipinski definition) is 3. The van der Waals surface area contributed by atoms with Crippen LogP contribution in [0.2, 0.25) is 0 Å². The highest BCUT2D eigenvalue weighted by Crippen LogP contribution is 2.11. The minimum Gasteiger partial charge on any atom is -0.330 e. The Morgan fingerprint density at radius 1 is 1.33 bits per heavy atom. The molecule has 3 N–H and O–H groups in total. The summed E-state index contributed by atoms with van der Waals surface area (Å²) in [5, 5.41) is 7.78. The number of aromatic nitrogens is 2. The van der Waals surface area contributed by atoms with E-state index in [0.717, 1.165) is 38.2 Å². The Kier molecular flexibility index (Phi) is 4.78. The zero-order chi connectivity index (χ0) is 11.3. The molecule has 0 aromatic carbocycles. The van der Waals surface area contributed by atoms with Crippen LogP contribution in [0.3, 0.4) is 0 Å². The highest BCUT2D eigenvalue weighted by atomic mass is 15.3. The number of nitrogens with zero attached hydrogens (tertiary/aromatic N) is 2. The van der Waals surface area contributed by atoms with Gasteiger partial charge in [0.1, 0.15) is 0 Å². The highest BCUT2D eigenvalue weighted by molar-refractivity contribution is 5.24. The smallest absolute Gasteiger partial charge is 0.0628 e. The Hall–Kier alpha value is -0.870. The van der Waals surface area contributed by atoms with Gasteiger partial charge in [-0.25, -0.2) is 0 Å². The summed E-state index contributed by atoms with van der Waals surface area (Å²) in [6, 6.07) is 0. The maximum absolute atomic E-state index is 5.42. The molecule has 1 rings (SSSR count). The monoisotopic (exact) mass is 210 g/mol. The second-order valence-electron chi connectivity index (χ2n) is 3.92. The molecule has 0 aliphatic rings. The van der Waals surface area contributed by atoms with Crippen LogP contribution in [0.25, 0.3) is 0 Å². The van der Waals surface area contributed by atoms with Crippen LogP contribution in [0, 0.1) is 13.8 Å². The third-order valence-corrected chi connectivity index (χ3v) is 2.77. The predicted molar refractivity (Wildman–Crippen MR) is 62.9 cm³/mol. The standard InChI is InChI=1S/C11H22N4/c1-9-11(10(2)15(3)14-9)5-8-13-7-4-6-12/h13H,4-8,12H2,1-3H3. The fraction of sp³-hybridized carbons (Fsp3) is 0.727. The summed E-state index contributed by atoms with van der Waals surface area (Å²) < 4.78 is 1.95. The Bertz CT molecular complexity index is 304. The Morgan fingerprint density at radius 2 is 2.07 bits per heavy atom. The molecular formula is C11H22N4. The lowest BCUT2D eigenvalue weighted by Crippen LogP contribution is -2.21. The molecule has 0 amide bonds. The zero-order valence-electron chi connectivity index (χ0n) is 10.0. The molecule has 0 aliphatic heterocycles. The van der Waals surface area contributed by atoms with E-state index >= 15 is 0 Å². The van der Waals surface area contributed by atoms with Gasteiger partial charge in [-0.05, 0) is 51.9 Å². The lowest BCUT2D eigenvalue weighted by atomic mass is 10.1. The minimum atomic E-state index is 0.762. The number of rotatable bonds is 6. The second kappa shape index (κ2) is 5.88. The van der Waals surface area contributed by atoms with Crippen LogP contribution >= 0.6 is 0 Å². The van der Waals surface area contributed by atoms with Crippen molar-refractivity contribution in [1.82, 2.24) is 15.1 Å². The van der Waals surface area contributed by atoms with Crippen molar-refractivity contribution in [3.8, 4) is 0 Å². The van der Waals surface area contributed by atoms with E-state index in [2.05, 4.69) is 24.3 Å². The van der Waals surface area contributed by atoms with Gasteiger partial charge >= 0.3 is 0 Å². The lowest BCUT2D eigenvalue weighted by molar-refractivity contribution is 0.650. The molecule has 86 valence electrons. The lowest BCUT2D eigenvalue weighted by Gasteiger charge is -2.04. The molecule has 0 saturated heterocycles. The van der Waals surface area contributed by atoms with Gasteiger partial charge in [-0.1, -0.05) is 0 Å². The minimum absolute atomic E-state index is 0.762. The average molecular weight is 210 g/mol. The third-order valence-electron chi connectivity index (χ3n) is 2.77. The summed E-state index contributed by atoms with van der Waals surface area (Å²) in [6.45, 7) is 6.97. The van der Waals surface area contributed by atoms with Crippen molar-refractivity contribution in [2.45, 2.75) is 26.7 Å². The van der Waals surface area contributed by atoms with Crippen molar-refractivity contribution in [3.63, 3.8) is 0 Å². The van der Waals surface area contributed by atoms with Gasteiger partial charge in [0.2, 0.25) is 0 Å². The van der Waals surface area contributed by atoms with Crippen molar-refractivity contribution in [3.05, 3.63) is 17.0 Å². The van der Waals surface area contributed by atoms with E-state index in [9.17, 15) is 0 Å². The molecule has 15 heavy (non-hydrogen) atoms. The molecular weight excluding hydrogens is 188 g/mol. The number of nitrogens with two attached hydrogens (primary N) is 1. The topological polar surface area (TPSA) is 55.9 Å². The first-order valence-electron chi connectivity index (χ1n) is 5.56. The van der Waals surface area contributed by atoms with Crippen LogP contribution < -0.4 is 11.1 Å². The van der Waals surface area contributed by atoms with E-state index in [4.69, 9.17) is 5.73 Å². The fourth-order valence-electron chi connectivity index (χ4n) is 1.74. The van der Waals surface area contributed by atoms with Gasteiger partial charge in [0, 0.05) is 12.7 Å². The van der Waals surface area contributed by atoms with E-state index in [-0.39, 0.29) is 0 Å². The summed E-state index contributed by atoms with van der Waals surface area (Å²) in [5.74, 6) is 0. The Labute approximate surface area is 91.8 Å². The average Bonchev–Trinajstić information content (AvgIpc) is 2.44. The van der Waals surface area contributed by atoms with Crippen molar-refractivity contribution in [2.75, 3.05) is 19.6 Å². The zero-order valence-corrected chi connectivity index (χ0v) is 10.0. The molecule has 0 saturated carbocycles. The van der Waals surface area contributed by atoms with Crippen molar-refractivity contribution in [1.29, 1.82) is 0 Å². The maximum atomic E-state index is 5.42. The fourth-order valence-corrected chi connectivity index (χ4v) is 1.74. The Balaban J connectivity index is 2.37. The summed E-state index contributed by atoms with van der Waals surface area (Å²) in [4.78, 5) is 0. The van der Waals surface area contributed by atoms with Crippen molar-refractivity contribution in [2.24, 2.45) is 12.8 Å². The SMILES string of the molecule is Cc1nn(C)c(C)c1CCNCCCN. The van der Waals surface area contributed by atoms with Gasteiger partial charge in [-0.15, -0.1) is 0 Å². The first kappa shape index (κ1) is 12.2. The first-order valence-corrected chi connectivity index (χ1v) is 5.56. The van der Waals surface area contributed by atoms with E-state index in [0.29, 0.717) is 0 Å². The predicted octanol–water partition coefficient (Wildman–Crippen LogP) is 0.518. The summed E-state index contributed by atoms with van der Waals surface area (Å²) >= 11 is 0. The van der Waals surface area contributed by atoms with Gasteiger partial charge in [0.25, 0.3) is 0 Å². The molecule has 0 radical (unpaired) electrons. The number of nitrogens with one attached hydrogen (secondary N) is 1. The summed E-state index contributed by atoms with van der Waals surface area (Å²) in [7, 11) is 1.99. The van der Waals surface area contributed by atoms with Crippen LogP contribution in [0.5, 0.6) is 0 Å². The molecule has 0 bridgehead atoms. The van der Waals surface area contributed by atoms with Gasteiger partial charge in [-0.3, -0.25) is 4.68 Å². The molecule has 0 spiro atoms. The van der Waals surface area contributed by atoms with Gasteiger partial charge < -0.3 is 11.1 Å². The molecule has 4 nitrogen and oxygen atoms in total.